The average molecular weight is 347 g/mol. The summed E-state index contributed by atoms with van der Waals surface area (Å²) in [6.07, 6.45) is 5.20. The topological polar surface area (TPSA) is 65.4 Å². The number of hydrogen-bond donors (Lipinski definition) is 1. The van der Waals surface area contributed by atoms with Crippen LogP contribution < -0.4 is 5.32 Å². The maximum absolute atomic E-state index is 12.3. The number of carbonyl (C=O) groups is 1. The van der Waals surface area contributed by atoms with E-state index < -0.39 is 0 Å². The molecular formula is C18H25N3O2S. The average Bonchev–Trinajstić information content (AvgIpc) is 2.89. The first-order valence-electron chi connectivity index (χ1n) is 8.79. The third kappa shape index (κ3) is 3.97. The monoisotopic (exact) mass is 347 g/mol. The minimum Gasteiger partial charge on any atom is -0.373 e. The molecule has 0 unspecified atom stereocenters. The third-order valence-electron chi connectivity index (χ3n) is 4.69. The number of aryl methyl sites for hydroxylation is 1. The van der Waals surface area contributed by atoms with Crippen molar-refractivity contribution in [3.8, 4) is 6.07 Å². The van der Waals surface area contributed by atoms with Gasteiger partial charge in [0.05, 0.1) is 17.8 Å². The second-order valence-corrected chi connectivity index (χ2v) is 7.95. The minimum atomic E-state index is -0.00288. The highest BCUT2D eigenvalue weighted by Crippen LogP contribution is 2.37. The van der Waals surface area contributed by atoms with E-state index in [2.05, 4.69) is 30.1 Å². The van der Waals surface area contributed by atoms with Crippen LogP contribution in [-0.4, -0.2) is 42.6 Å². The largest absolute Gasteiger partial charge is 0.373 e. The Morgan fingerprint density at radius 3 is 2.75 bits per heavy atom. The van der Waals surface area contributed by atoms with Gasteiger partial charge in [0.15, 0.2) is 0 Å². The third-order valence-corrected chi connectivity index (χ3v) is 5.89. The number of fused-ring (bicyclic) bond motifs is 1. The molecule has 2 aliphatic rings. The molecule has 1 aliphatic heterocycles. The minimum absolute atomic E-state index is 0.00288. The van der Waals surface area contributed by atoms with Crippen LogP contribution in [0.15, 0.2) is 0 Å². The van der Waals surface area contributed by atoms with Crippen LogP contribution in [-0.2, 0) is 22.4 Å². The molecule has 3 rings (SSSR count). The lowest BCUT2D eigenvalue weighted by molar-refractivity contribution is -0.117. The number of nitriles is 1. The van der Waals surface area contributed by atoms with E-state index in [1.54, 1.807) is 11.3 Å². The molecule has 0 radical (unpaired) electrons. The van der Waals surface area contributed by atoms with Gasteiger partial charge < -0.3 is 10.1 Å². The maximum Gasteiger partial charge on any atom is 0.226 e. The van der Waals surface area contributed by atoms with E-state index in [0.717, 1.165) is 43.9 Å². The molecule has 1 N–H and O–H groups in total. The van der Waals surface area contributed by atoms with Crippen molar-refractivity contribution in [1.82, 2.24) is 4.90 Å². The molecule has 24 heavy (non-hydrogen) atoms. The first kappa shape index (κ1) is 17.4. The van der Waals surface area contributed by atoms with Crippen molar-refractivity contribution in [3.05, 3.63) is 16.0 Å². The second kappa shape index (κ2) is 7.64. The Morgan fingerprint density at radius 2 is 2.04 bits per heavy atom. The van der Waals surface area contributed by atoms with E-state index in [-0.39, 0.29) is 18.1 Å². The first-order chi connectivity index (χ1) is 11.6. The molecule has 0 bridgehead atoms. The highest BCUT2D eigenvalue weighted by atomic mass is 32.1. The van der Waals surface area contributed by atoms with Gasteiger partial charge in [0.25, 0.3) is 0 Å². The highest BCUT2D eigenvalue weighted by molar-refractivity contribution is 7.16. The molecule has 0 aromatic carbocycles. The summed E-state index contributed by atoms with van der Waals surface area (Å²) in [4.78, 5) is 15.9. The molecule has 2 atom stereocenters. The van der Waals surface area contributed by atoms with Crippen LogP contribution in [0.3, 0.4) is 0 Å². The standard InChI is InChI=1S/C18H25N3O2S/c1-12-10-21(11-13(2)23-12)8-7-17(22)20-18-15(9-19)14-5-3-4-6-16(14)24-18/h12-13H,3-8,10-11H2,1-2H3,(H,20,22)/t12-,13-/m0/s1. The lowest BCUT2D eigenvalue weighted by atomic mass is 9.96. The van der Waals surface area contributed by atoms with Crippen molar-refractivity contribution in [2.24, 2.45) is 0 Å². The van der Waals surface area contributed by atoms with Crippen molar-refractivity contribution in [2.75, 3.05) is 25.0 Å². The number of thiophene rings is 1. The SMILES string of the molecule is C[C@H]1CN(CCC(=O)Nc2sc3c(c2C#N)CCCC3)C[C@H](C)O1. The van der Waals surface area contributed by atoms with E-state index in [4.69, 9.17) is 4.74 Å². The van der Waals surface area contributed by atoms with Crippen LogP contribution >= 0.6 is 11.3 Å². The second-order valence-electron chi connectivity index (χ2n) is 6.84. The number of nitrogens with one attached hydrogen (secondary N) is 1. The molecule has 1 aromatic heterocycles. The number of amides is 1. The van der Waals surface area contributed by atoms with Crippen LogP contribution in [0.4, 0.5) is 5.00 Å². The van der Waals surface area contributed by atoms with E-state index in [1.807, 2.05) is 0 Å². The Bertz CT molecular complexity index is 639. The molecule has 1 aliphatic carbocycles. The summed E-state index contributed by atoms with van der Waals surface area (Å²) in [7, 11) is 0. The smallest absolute Gasteiger partial charge is 0.226 e. The summed E-state index contributed by atoms with van der Waals surface area (Å²) < 4.78 is 5.72. The summed E-state index contributed by atoms with van der Waals surface area (Å²) in [5.74, 6) is -0.00288. The number of nitrogens with zero attached hydrogens (tertiary/aromatic N) is 2. The summed E-state index contributed by atoms with van der Waals surface area (Å²) in [6, 6.07) is 2.29. The van der Waals surface area contributed by atoms with Crippen molar-refractivity contribution >= 4 is 22.2 Å². The van der Waals surface area contributed by atoms with Crippen molar-refractivity contribution in [2.45, 2.75) is 58.2 Å². The van der Waals surface area contributed by atoms with E-state index in [9.17, 15) is 10.1 Å². The Kier molecular flexibility index (Phi) is 5.54. The molecule has 5 nitrogen and oxygen atoms in total. The molecule has 6 heteroatoms. The van der Waals surface area contributed by atoms with Gasteiger partial charge in [0.2, 0.25) is 5.91 Å². The van der Waals surface area contributed by atoms with E-state index >= 15 is 0 Å². The highest BCUT2D eigenvalue weighted by Gasteiger charge is 2.24. The lowest BCUT2D eigenvalue weighted by Crippen LogP contribution is -2.46. The number of hydrogen-bond acceptors (Lipinski definition) is 5. The Hall–Kier alpha value is -1.42. The first-order valence-corrected chi connectivity index (χ1v) is 9.60. The van der Waals surface area contributed by atoms with Crippen LogP contribution in [0.1, 0.15) is 49.1 Å². The summed E-state index contributed by atoms with van der Waals surface area (Å²) in [5, 5.41) is 13.2. The van der Waals surface area contributed by atoms with Gasteiger partial charge in [0.1, 0.15) is 11.1 Å². The number of rotatable bonds is 4. The van der Waals surface area contributed by atoms with Crippen LogP contribution in [0, 0.1) is 11.3 Å². The Labute approximate surface area is 147 Å². The van der Waals surface area contributed by atoms with Crippen LogP contribution in [0.5, 0.6) is 0 Å². The number of carbonyl (C=O) groups excluding carboxylic acids is 1. The lowest BCUT2D eigenvalue weighted by Gasteiger charge is -2.35. The molecule has 1 fully saturated rings. The summed E-state index contributed by atoms with van der Waals surface area (Å²) >= 11 is 1.59. The van der Waals surface area contributed by atoms with Gasteiger partial charge in [0, 0.05) is 30.9 Å². The number of morpholine rings is 1. The fourth-order valence-electron chi connectivity index (χ4n) is 3.69. The summed E-state index contributed by atoms with van der Waals surface area (Å²) in [5.41, 5.74) is 1.86. The number of ether oxygens (including phenoxy) is 1. The normalized spacial score (nSPS) is 24.2. The molecule has 1 saturated heterocycles. The van der Waals surface area contributed by atoms with Gasteiger partial charge >= 0.3 is 0 Å². The van der Waals surface area contributed by atoms with Gasteiger partial charge in [-0.05, 0) is 45.1 Å². The van der Waals surface area contributed by atoms with Crippen molar-refractivity contribution < 1.29 is 9.53 Å². The zero-order valence-electron chi connectivity index (χ0n) is 14.4. The molecule has 130 valence electrons. The van der Waals surface area contributed by atoms with Gasteiger partial charge in [-0.25, -0.2) is 0 Å². The maximum atomic E-state index is 12.3. The van der Waals surface area contributed by atoms with Crippen LogP contribution in [0.25, 0.3) is 0 Å². The van der Waals surface area contributed by atoms with Gasteiger partial charge in [-0.3, -0.25) is 9.69 Å². The zero-order chi connectivity index (χ0) is 17.1. The quantitative estimate of drug-likeness (QED) is 0.909. The predicted octanol–water partition coefficient (Wildman–Crippen LogP) is 2.94. The molecule has 2 heterocycles. The van der Waals surface area contributed by atoms with Crippen LogP contribution in [0.2, 0.25) is 0 Å². The Morgan fingerprint density at radius 1 is 1.33 bits per heavy atom. The van der Waals surface area contributed by atoms with Crippen molar-refractivity contribution in [3.63, 3.8) is 0 Å². The molecule has 0 saturated carbocycles. The predicted molar refractivity (Wildman–Crippen MR) is 95.4 cm³/mol. The van der Waals surface area contributed by atoms with Gasteiger partial charge in [-0.1, -0.05) is 0 Å². The number of anilines is 1. The molecule has 1 aromatic rings. The molecule has 0 spiro atoms. The van der Waals surface area contributed by atoms with E-state index in [1.165, 1.54) is 16.9 Å². The fraction of sp³-hybridized carbons (Fsp3) is 0.667. The zero-order valence-corrected chi connectivity index (χ0v) is 15.2. The van der Waals surface area contributed by atoms with Gasteiger partial charge in [-0.15, -0.1) is 11.3 Å². The molecular weight excluding hydrogens is 322 g/mol. The Balaban J connectivity index is 1.57. The van der Waals surface area contributed by atoms with Crippen molar-refractivity contribution in [1.29, 1.82) is 5.26 Å². The molecule has 1 amide bonds. The fourth-order valence-corrected chi connectivity index (χ4v) is 4.94. The van der Waals surface area contributed by atoms with Gasteiger partial charge in [-0.2, -0.15) is 5.26 Å². The summed E-state index contributed by atoms with van der Waals surface area (Å²) in [6.45, 7) is 6.61. The van der Waals surface area contributed by atoms with E-state index in [0.29, 0.717) is 12.0 Å².